The van der Waals surface area contributed by atoms with Gasteiger partial charge in [0.05, 0.1) is 12.3 Å². The van der Waals surface area contributed by atoms with E-state index in [9.17, 15) is 14.0 Å². The lowest BCUT2D eigenvalue weighted by Gasteiger charge is -2.16. The van der Waals surface area contributed by atoms with E-state index >= 15 is 0 Å². The molecule has 0 saturated carbocycles. The molecule has 2 aromatic rings. The Morgan fingerprint density at radius 3 is 2.56 bits per heavy atom. The van der Waals surface area contributed by atoms with E-state index in [1.165, 1.54) is 23.9 Å². The van der Waals surface area contributed by atoms with Crippen LogP contribution in [0.15, 0.2) is 51.8 Å². The van der Waals surface area contributed by atoms with E-state index in [0.717, 1.165) is 6.42 Å². The number of ether oxygens (including phenoxy) is 1. The number of benzene rings is 2. The van der Waals surface area contributed by atoms with Crippen molar-refractivity contribution in [1.29, 1.82) is 0 Å². The van der Waals surface area contributed by atoms with Gasteiger partial charge in [-0.05, 0) is 53.0 Å². The van der Waals surface area contributed by atoms with Crippen LogP contribution in [-0.2, 0) is 9.53 Å². The largest absolute Gasteiger partial charge is 0.465 e. The predicted molar refractivity (Wildman–Crippen MR) is 110 cm³/mol. The monoisotopic (exact) mass is 453 g/mol. The Bertz CT molecular complexity index is 801. The molecule has 0 saturated heterocycles. The Morgan fingerprint density at radius 1 is 1.22 bits per heavy atom. The zero-order chi connectivity index (χ0) is 19.8. The molecule has 1 N–H and O–H groups in total. The molecule has 0 radical (unpaired) electrons. The number of esters is 1. The normalized spacial score (nSPS) is 11.7. The number of anilines is 1. The molecule has 1 atom stereocenters. The Kier molecular flexibility index (Phi) is 8.31. The van der Waals surface area contributed by atoms with Crippen LogP contribution < -0.4 is 5.32 Å². The summed E-state index contributed by atoms with van der Waals surface area (Å²) < 4.78 is 20.0. The maximum atomic E-state index is 14.3. The summed E-state index contributed by atoms with van der Waals surface area (Å²) in [6.45, 7) is 4.19. The Morgan fingerprint density at radius 2 is 1.93 bits per heavy atom. The summed E-state index contributed by atoms with van der Waals surface area (Å²) in [6.07, 6.45) is 1.32. The summed E-state index contributed by atoms with van der Waals surface area (Å²) in [7, 11) is 0. The van der Waals surface area contributed by atoms with E-state index < -0.39 is 17.0 Å². The van der Waals surface area contributed by atoms with Gasteiger partial charge in [0.2, 0.25) is 0 Å². The number of halogens is 2. The standard InChI is InChI=1S/C20H21BrFNO3S/c1-3-10-26-20(25)17(4-2)27-18-12-16(15(22)11-14(18)21)23-19(24)13-8-6-5-7-9-13/h5-9,11-12,17H,3-4,10H2,1-2H3,(H,23,24). The first-order valence-electron chi connectivity index (χ1n) is 8.65. The molecule has 0 aliphatic rings. The average Bonchev–Trinajstić information content (AvgIpc) is 2.67. The SMILES string of the molecule is CCCOC(=O)C(CC)Sc1cc(NC(=O)c2ccccc2)c(F)cc1Br. The van der Waals surface area contributed by atoms with Gasteiger partial charge in [-0.2, -0.15) is 0 Å². The minimum atomic E-state index is -0.558. The third kappa shape index (κ3) is 6.07. The van der Waals surface area contributed by atoms with Crippen molar-refractivity contribution in [3.63, 3.8) is 0 Å². The summed E-state index contributed by atoms with van der Waals surface area (Å²) in [5.74, 6) is -1.25. The van der Waals surface area contributed by atoms with E-state index in [1.807, 2.05) is 13.8 Å². The predicted octanol–water partition coefficient (Wildman–Crippen LogP) is 5.66. The van der Waals surface area contributed by atoms with Crippen molar-refractivity contribution in [2.45, 2.75) is 36.8 Å². The summed E-state index contributed by atoms with van der Waals surface area (Å²) in [6, 6.07) is 11.4. The maximum absolute atomic E-state index is 14.3. The number of hydrogen-bond donors (Lipinski definition) is 1. The first-order chi connectivity index (χ1) is 13.0. The minimum Gasteiger partial charge on any atom is -0.465 e. The molecule has 0 spiro atoms. The van der Waals surface area contributed by atoms with Crippen molar-refractivity contribution in [3.8, 4) is 0 Å². The highest BCUT2D eigenvalue weighted by Gasteiger charge is 2.22. The smallest absolute Gasteiger partial charge is 0.319 e. The fourth-order valence-electron chi connectivity index (χ4n) is 2.25. The summed E-state index contributed by atoms with van der Waals surface area (Å²) >= 11 is 4.61. The lowest BCUT2D eigenvalue weighted by atomic mass is 10.2. The molecule has 2 aromatic carbocycles. The first-order valence-corrected chi connectivity index (χ1v) is 10.3. The van der Waals surface area contributed by atoms with E-state index in [0.29, 0.717) is 28.0 Å². The second kappa shape index (κ2) is 10.5. The van der Waals surface area contributed by atoms with Gasteiger partial charge in [-0.15, -0.1) is 11.8 Å². The Hall–Kier alpha value is -1.86. The molecule has 0 fully saturated rings. The number of thioether (sulfide) groups is 1. The van der Waals surface area contributed by atoms with Crippen molar-refractivity contribution >= 4 is 45.3 Å². The van der Waals surface area contributed by atoms with Crippen LogP contribution in [0.4, 0.5) is 10.1 Å². The van der Waals surface area contributed by atoms with Crippen molar-refractivity contribution in [2.24, 2.45) is 0 Å². The highest BCUT2D eigenvalue weighted by atomic mass is 79.9. The number of hydrogen-bond acceptors (Lipinski definition) is 4. The van der Waals surface area contributed by atoms with E-state index in [-0.39, 0.29) is 11.7 Å². The molecule has 2 rings (SSSR count). The Balaban J connectivity index is 2.19. The zero-order valence-electron chi connectivity index (χ0n) is 15.1. The molecule has 4 nitrogen and oxygen atoms in total. The van der Waals surface area contributed by atoms with Crippen LogP contribution in [0.1, 0.15) is 37.0 Å². The van der Waals surface area contributed by atoms with Crippen LogP contribution in [0.25, 0.3) is 0 Å². The summed E-state index contributed by atoms with van der Waals surface area (Å²) in [5.41, 5.74) is 0.495. The van der Waals surface area contributed by atoms with Crippen molar-refractivity contribution in [2.75, 3.05) is 11.9 Å². The maximum Gasteiger partial charge on any atom is 0.319 e. The molecule has 0 aliphatic carbocycles. The van der Waals surface area contributed by atoms with Crippen LogP contribution in [0.5, 0.6) is 0 Å². The van der Waals surface area contributed by atoms with Gasteiger partial charge in [0.25, 0.3) is 5.91 Å². The zero-order valence-corrected chi connectivity index (χ0v) is 17.5. The second-order valence-corrected chi connectivity index (χ2v) is 7.86. The molecular formula is C20H21BrFNO3S. The van der Waals surface area contributed by atoms with Gasteiger partial charge in [0.1, 0.15) is 11.1 Å². The highest BCUT2D eigenvalue weighted by molar-refractivity contribution is 9.10. The molecule has 0 aromatic heterocycles. The van der Waals surface area contributed by atoms with Gasteiger partial charge in [-0.3, -0.25) is 9.59 Å². The summed E-state index contributed by atoms with van der Waals surface area (Å²) in [5, 5.41) is 2.18. The number of amides is 1. The van der Waals surface area contributed by atoms with Crippen LogP contribution >= 0.6 is 27.7 Å². The molecule has 1 amide bonds. The fraction of sp³-hybridized carbons (Fsp3) is 0.300. The van der Waals surface area contributed by atoms with Gasteiger partial charge in [0.15, 0.2) is 0 Å². The van der Waals surface area contributed by atoms with Crippen LogP contribution in [0.3, 0.4) is 0 Å². The first kappa shape index (κ1) is 21.4. The van der Waals surface area contributed by atoms with Crippen LogP contribution in [0.2, 0.25) is 0 Å². The molecule has 7 heteroatoms. The van der Waals surface area contributed by atoms with Gasteiger partial charge in [-0.1, -0.05) is 32.0 Å². The topological polar surface area (TPSA) is 55.4 Å². The molecule has 0 aliphatic heterocycles. The molecule has 0 bridgehead atoms. The number of carbonyl (C=O) groups excluding carboxylic acids is 2. The molecule has 0 heterocycles. The highest BCUT2D eigenvalue weighted by Crippen LogP contribution is 2.36. The number of rotatable bonds is 8. The van der Waals surface area contributed by atoms with Gasteiger partial charge >= 0.3 is 5.97 Å². The van der Waals surface area contributed by atoms with E-state index in [2.05, 4.69) is 21.2 Å². The van der Waals surface area contributed by atoms with E-state index in [4.69, 9.17) is 4.74 Å². The number of carbonyl (C=O) groups is 2. The quantitative estimate of drug-likeness (QED) is 0.413. The third-order valence-corrected chi connectivity index (χ3v) is 5.98. The van der Waals surface area contributed by atoms with Crippen molar-refractivity contribution in [3.05, 3.63) is 58.3 Å². The number of nitrogens with one attached hydrogen (secondary N) is 1. The molecule has 1 unspecified atom stereocenters. The molecular weight excluding hydrogens is 433 g/mol. The molecule has 27 heavy (non-hydrogen) atoms. The van der Waals surface area contributed by atoms with E-state index in [1.54, 1.807) is 30.3 Å². The summed E-state index contributed by atoms with van der Waals surface area (Å²) in [4.78, 5) is 25.1. The van der Waals surface area contributed by atoms with Crippen LogP contribution in [-0.4, -0.2) is 23.7 Å². The minimum absolute atomic E-state index is 0.0614. The van der Waals surface area contributed by atoms with Gasteiger partial charge < -0.3 is 10.1 Å². The van der Waals surface area contributed by atoms with Gasteiger partial charge in [-0.25, -0.2) is 4.39 Å². The van der Waals surface area contributed by atoms with Crippen molar-refractivity contribution in [1.82, 2.24) is 0 Å². The average molecular weight is 454 g/mol. The van der Waals surface area contributed by atoms with Crippen molar-refractivity contribution < 1.29 is 18.7 Å². The third-order valence-electron chi connectivity index (χ3n) is 3.66. The van der Waals surface area contributed by atoms with Gasteiger partial charge in [0, 0.05) is 14.9 Å². The molecule has 144 valence electrons. The lowest BCUT2D eigenvalue weighted by molar-refractivity contribution is -0.143. The second-order valence-electron chi connectivity index (χ2n) is 5.76. The lowest BCUT2D eigenvalue weighted by Crippen LogP contribution is -2.20. The Labute approximate surface area is 171 Å². The van der Waals surface area contributed by atoms with Crippen LogP contribution in [0, 0.1) is 5.82 Å². The fourth-order valence-corrected chi connectivity index (χ4v) is 3.84.